The lowest BCUT2D eigenvalue weighted by atomic mass is 10.1. The van der Waals surface area contributed by atoms with Crippen LogP contribution >= 0.6 is 11.6 Å². The minimum Gasteiger partial charge on any atom is -0.336 e. The lowest BCUT2D eigenvalue weighted by Crippen LogP contribution is -2.55. The normalized spacial score (nSPS) is 20.6. The molecular weight excluding hydrogens is 319 g/mol. The zero-order chi connectivity index (χ0) is 15.8. The minimum absolute atomic E-state index is 0.0949. The van der Waals surface area contributed by atoms with Gasteiger partial charge in [0.15, 0.2) is 5.82 Å². The molecule has 0 saturated carbocycles. The van der Waals surface area contributed by atoms with Gasteiger partial charge in [-0.25, -0.2) is 12.8 Å². The molecule has 1 aliphatic rings. The summed E-state index contributed by atoms with van der Waals surface area (Å²) in [5.41, 5.74) is -0.0949. The van der Waals surface area contributed by atoms with Crippen LogP contribution in [0.1, 0.15) is 17.3 Å². The van der Waals surface area contributed by atoms with E-state index in [4.69, 9.17) is 11.6 Å². The van der Waals surface area contributed by atoms with Gasteiger partial charge in [0.05, 0.1) is 16.8 Å². The molecule has 0 spiro atoms. The van der Waals surface area contributed by atoms with E-state index >= 15 is 0 Å². The molecule has 0 bridgehead atoms. The van der Waals surface area contributed by atoms with E-state index in [0.29, 0.717) is 0 Å². The Morgan fingerprint density at radius 3 is 2.62 bits per heavy atom. The average Bonchev–Trinajstić information content (AvgIpc) is 2.39. The van der Waals surface area contributed by atoms with Gasteiger partial charge in [0, 0.05) is 25.7 Å². The number of sulfonamides is 1. The SMILES string of the molecule is C[C@H]1CN(C(=O)c2cccc(Cl)c2F)CCN1S(C)(=O)=O. The zero-order valence-corrected chi connectivity index (χ0v) is 13.3. The molecule has 1 heterocycles. The van der Waals surface area contributed by atoms with E-state index < -0.39 is 21.7 Å². The zero-order valence-electron chi connectivity index (χ0n) is 11.7. The van der Waals surface area contributed by atoms with Crippen molar-refractivity contribution >= 4 is 27.5 Å². The van der Waals surface area contributed by atoms with Gasteiger partial charge in [-0.15, -0.1) is 0 Å². The van der Waals surface area contributed by atoms with Crippen LogP contribution in [0.25, 0.3) is 0 Å². The molecule has 21 heavy (non-hydrogen) atoms. The predicted octanol–water partition coefficient (Wildman–Crippen LogP) is 1.59. The molecule has 2 rings (SSSR count). The predicted molar refractivity (Wildman–Crippen MR) is 78.3 cm³/mol. The summed E-state index contributed by atoms with van der Waals surface area (Å²) < 4.78 is 38.4. The van der Waals surface area contributed by atoms with Crippen molar-refractivity contribution in [1.82, 2.24) is 9.21 Å². The third-order valence-corrected chi connectivity index (χ3v) is 5.15. The highest BCUT2D eigenvalue weighted by atomic mass is 35.5. The first-order valence-corrected chi connectivity index (χ1v) is 8.64. The summed E-state index contributed by atoms with van der Waals surface area (Å²) in [5, 5.41) is -0.108. The summed E-state index contributed by atoms with van der Waals surface area (Å²) in [7, 11) is -3.30. The Bertz CT molecular complexity index is 665. The number of rotatable bonds is 2. The molecule has 0 N–H and O–H groups in total. The Balaban J connectivity index is 2.18. The van der Waals surface area contributed by atoms with E-state index in [2.05, 4.69) is 0 Å². The van der Waals surface area contributed by atoms with Crippen molar-refractivity contribution in [2.45, 2.75) is 13.0 Å². The van der Waals surface area contributed by atoms with Crippen molar-refractivity contribution in [3.05, 3.63) is 34.6 Å². The van der Waals surface area contributed by atoms with Crippen LogP contribution in [-0.4, -0.2) is 55.5 Å². The number of halogens is 2. The maximum atomic E-state index is 13.9. The third-order valence-electron chi connectivity index (χ3n) is 3.46. The van der Waals surface area contributed by atoms with Crippen LogP contribution in [0.15, 0.2) is 18.2 Å². The lowest BCUT2D eigenvalue weighted by molar-refractivity contribution is 0.0638. The van der Waals surface area contributed by atoms with E-state index in [1.54, 1.807) is 6.92 Å². The Morgan fingerprint density at radius 1 is 1.38 bits per heavy atom. The van der Waals surface area contributed by atoms with Gasteiger partial charge in [-0.1, -0.05) is 17.7 Å². The first kappa shape index (κ1) is 16.2. The molecule has 1 aromatic rings. The monoisotopic (exact) mass is 334 g/mol. The van der Waals surface area contributed by atoms with Gasteiger partial charge in [-0.05, 0) is 19.1 Å². The maximum Gasteiger partial charge on any atom is 0.256 e. The molecule has 5 nitrogen and oxygen atoms in total. The largest absolute Gasteiger partial charge is 0.336 e. The molecule has 1 amide bonds. The lowest BCUT2D eigenvalue weighted by Gasteiger charge is -2.38. The van der Waals surface area contributed by atoms with Crippen LogP contribution in [0.3, 0.4) is 0 Å². The standard InChI is InChI=1S/C13H16ClFN2O3S/c1-9-8-16(6-7-17(9)21(2,19)20)13(18)10-4-3-5-11(14)12(10)15/h3-5,9H,6-8H2,1-2H3/t9-/m0/s1. The first-order valence-electron chi connectivity index (χ1n) is 6.42. The van der Waals surface area contributed by atoms with Crippen molar-refractivity contribution < 1.29 is 17.6 Å². The van der Waals surface area contributed by atoms with E-state index in [9.17, 15) is 17.6 Å². The van der Waals surface area contributed by atoms with Gasteiger partial charge >= 0.3 is 0 Å². The van der Waals surface area contributed by atoms with Crippen LogP contribution in [0, 0.1) is 5.82 Å². The van der Waals surface area contributed by atoms with Crippen molar-refractivity contribution in [2.75, 3.05) is 25.9 Å². The van der Waals surface area contributed by atoms with Crippen molar-refractivity contribution in [3.8, 4) is 0 Å². The average molecular weight is 335 g/mol. The number of carbonyl (C=O) groups is 1. The van der Waals surface area contributed by atoms with Crippen LogP contribution in [-0.2, 0) is 10.0 Å². The van der Waals surface area contributed by atoms with Crippen molar-refractivity contribution in [2.24, 2.45) is 0 Å². The van der Waals surface area contributed by atoms with Gasteiger partial charge in [-0.3, -0.25) is 4.79 Å². The number of carbonyl (C=O) groups excluding carboxylic acids is 1. The minimum atomic E-state index is -3.30. The van der Waals surface area contributed by atoms with E-state index in [0.717, 1.165) is 6.26 Å². The molecule has 0 radical (unpaired) electrons. The van der Waals surface area contributed by atoms with Crippen LogP contribution < -0.4 is 0 Å². The summed E-state index contributed by atoms with van der Waals surface area (Å²) >= 11 is 5.68. The van der Waals surface area contributed by atoms with Gasteiger partial charge < -0.3 is 4.90 Å². The summed E-state index contributed by atoms with van der Waals surface area (Å²) in [6.45, 7) is 2.36. The van der Waals surface area contributed by atoms with Crippen LogP contribution in [0.4, 0.5) is 4.39 Å². The van der Waals surface area contributed by atoms with Gasteiger partial charge in [0.25, 0.3) is 5.91 Å². The van der Waals surface area contributed by atoms with Gasteiger partial charge in [0.2, 0.25) is 10.0 Å². The number of piperazine rings is 1. The molecule has 1 aromatic carbocycles. The Labute approximate surface area is 128 Å². The molecule has 1 aliphatic heterocycles. The summed E-state index contributed by atoms with van der Waals surface area (Å²) in [4.78, 5) is 13.8. The summed E-state index contributed by atoms with van der Waals surface area (Å²) in [6, 6.07) is 3.91. The Morgan fingerprint density at radius 2 is 2.05 bits per heavy atom. The summed E-state index contributed by atoms with van der Waals surface area (Å²) in [5.74, 6) is -1.22. The number of amides is 1. The van der Waals surface area contributed by atoms with E-state index in [-0.39, 0.29) is 36.3 Å². The Hall–Kier alpha value is -1.18. The van der Waals surface area contributed by atoms with Crippen LogP contribution in [0.2, 0.25) is 5.02 Å². The first-order chi connectivity index (χ1) is 9.71. The molecule has 0 aliphatic carbocycles. The number of benzene rings is 1. The van der Waals surface area contributed by atoms with E-state index in [1.807, 2.05) is 0 Å². The molecule has 0 unspecified atom stereocenters. The smallest absolute Gasteiger partial charge is 0.256 e. The second kappa shape index (κ2) is 5.90. The fourth-order valence-electron chi connectivity index (χ4n) is 2.46. The highest BCUT2D eigenvalue weighted by Gasteiger charge is 2.32. The topological polar surface area (TPSA) is 57.7 Å². The molecule has 1 saturated heterocycles. The number of hydrogen-bond donors (Lipinski definition) is 0. The molecule has 1 atom stereocenters. The van der Waals surface area contributed by atoms with Crippen molar-refractivity contribution in [1.29, 1.82) is 0 Å². The highest BCUT2D eigenvalue weighted by molar-refractivity contribution is 7.88. The quantitative estimate of drug-likeness (QED) is 0.825. The van der Waals surface area contributed by atoms with Crippen LogP contribution in [0.5, 0.6) is 0 Å². The molecule has 0 aromatic heterocycles. The number of hydrogen-bond acceptors (Lipinski definition) is 3. The molecule has 8 heteroatoms. The highest BCUT2D eigenvalue weighted by Crippen LogP contribution is 2.21. The van der Waals surface area contributed by atoms with Gasteiger partial charge in [-0.2, -0.15) is 4.31 Å². The summed E-state index contributed by atoms with van der Waals surface area (Å²) in [6.07, 6.45) is 1.14. The van der Waals surface area contributed by atoms with Gasteiger partial charge in [0.1, 0.15) is 0 Å². The fourth-order valence-corrected chi connectivity index (χ4v) is 3.77. The Kier molecular flexibility index (Phi) is 4.55. The second-order valence-corrected chi connectivity index (χ2v) is 7.42. The fraction of sp³-hybridized carbons (Fsp3) is 0.462. The molecule has 1 fully saturated rings. The molecular formula is C13H16ClFN2O3S. The third kappa shape index (κ3) is 3.36. The van der Waals surface area contributed by atoms with E-state index in [1.165, 1.54) is 27.4 Å². The molecule has 116 valence electrons. The van der Waals surface area contributed by atoms with Crippen molar-refractivity contribution in [3.63, 3.8) is 0 Å². The second-order valence-electron chi connectivity index (χ2n) is 5.08. The number of nitrogens with zero attached hydrogens (tertiary/aromatic N) is 2. The maximum absolute atomic E-state index is 13.9.